The lowest BCUT2D eigenvalue weighted by Crippen LogP contribution is -2.36. The summed E-state index contributed by atoms with van der Waals surface area (Å²) in [5, 5.41) is 2.66. The van der Waals surface area contributed by atoms with Gasteiger partial charge in [0.05, 0.1) is 17.8 Å². The highest BCUT2D eigenvalue weighted by atomic mass is 19.1. The van der Waals surface area contributed by atoms with Crippen LogP contribution in [0.15, 0.2) is 18.2 Å². The van der Waals surface area contributed by atoms with Crippen molar-refractivity contribution in [2.24, 2.45) is 0 Å². The molecule has 8 heteroatoms. The van der Waals surface area contributed by atoms with E-state index in [1.54, 1.807) is 20.2 Å². The Kier molecular flexibility index (Phi) is 6.55. The van der Waals surface area contributed by atoms with Gasteiger partial charge in [0, 0.05) is 27.2 Å². The minimum absolute atomic E-state index is 0.111. The van der Waals surface area contributed by atoms with Crippen LogP contribution < -0.4 is 5.32 Å². The quantitative estimate of drug-likeness (QED) is 0.815. The lowest BCUT2D eigenvalue weighted by atomic mass is 10.0. The molecule has 3 rings (SSSR count). The summed E-state index contributed by atoms with van der Waals surface area (Å²) in [6.07, 6.45) is 0.874. The van der Waals surface area contributed by atoms with E-state index in [1.165, 1.54) is 11.0 Å². The number of rotatable bonds is 5. The molecule has 1 aromatic heterocycles. The molecular formula is C22H30FN5O2. The van der Waals surface area contributed by atoms with Crippen LogP contribution in [0.2, 0.25) is 0 Å². The second-order valence-electron chi connectivity index (χ2n) is 8.34. The van der Waals surface area contributed by atoms with Gasteiger partial charge in [0.2, 0.25) is 5.91 Å². The number of carbonyl (C=O) groups excluding carboxylic acids is 2. The van der Waals surface area contributed by atoms with E-state index in [4.69, 9.17) is 0 Å². The summed E-state index contributed by atoms with van der Waals surface area (Å²) >= 11 is 0. The molecule has 30 heavy (non-hydrogen) atoms. The SMILES string of the molecule is CC(C)c1ccc(F)c(-c2nc(C(=O)NCC(=O)N(C)C)c3n2CCCN(C)C3)c1. The molecule has 2 aromatic rings. The van der Waals surface area contributed by atoms with E-state index in [9.17, 15) is 14.0 Å². The minimum atomic E-state index is -0.420. The molecule has 7 nitrogen and oxygen atoms in total. The summed E-state index contributed by atoms with van der Waals surface area (Å²) < 4.78 is 16.8. The van der Waals surface area contributed by atoms with Gasteiger partial charge >= 0.3 is 0 Å². The van der Waals surface area contributed by atoms with Crippen molar-refractivity contribution in [2.45, 2.75) is 39.3 Å². The van der Waals surface area contributed by atoms with E-state index in [-0.39, 0.29) is 29.9 Å². The maximum Gasteiger partial charge on any atom is 0.272 e. The molecule has 1 aliphatic heterocycles. The summed E-state index contributed by atoms with van der Waals surface area (Å²) in [7, 11) is 5.25. The molecule has 0 aliphatic carbocycles. The van der Waals surface area contributed by atoms with Gasteiger partial charge in [-0.2, -0.15) is 0 Å². The highest BCUT2D eigenvalue weighted by molar-refractivity contribution is 5.96. The molecule has 162 valence electrons. The number of nitrogens with one attached hydrogen (secondary N) is 1. The maximum absolute atomic E-state index is 14.8. The van der Waals surface area contributed by atoms with Crippen molar-refractivity contribution < 1.29 is 14.0 Å². The van der Waals surface area contributed by atoms with Crippen molar-refractivity contribution >= 4 is 11.8 Å². The number of amides is 2. The number of nitrogens with zero attached hydrogens (tertiary/aromatic N) is 4. The van der Waals surface area contributed by atoms with Crippen LogP contribution in [-0.2, 0) is 17.9 Å². The molecule has 2 heterocycles. The number of imidazole rings is 1. The van der Waals surface area contributed by atoms with E-state index in [0.29, 0.717) is 24.5 Å². The van der Waals surface area contributed by atoms with Crippen molar-refractivity contribution in [3.63, 3.8) is 0 Å². The smallest absolute Gasteiger partial charge is 0.272 e. The zero-order valence-corrected chi connectivity index (χ0v) is 18.3. The molecular weight excluding hydrogens is 385 g/mol. The zero-order chi connectivity index (χ0) is 22.0. The van der Waals surface area contributed by atoms with Gasteiger partial charge < -0.3 is 19.7 Å². The Bertz CT molecular complexity index is 951. The first-order chi connectivity index (χ1) is 14.2. The van der Waals surface area contributed by atoms with Crippen LogP contribution in [0.3, 0.4) is 0 Å². The van der Waals surface area contributed by atoms with Gasteiger partial charge in [-0.1, -0.05) is 19.9 Å². The largest absolute Gasteiger partial charge is 0.347 e. The van der Waals surface area contributed by atoms with Crippen LogP contribution in [0.4, 0.5) is 4.39 Å². The Balaban J connectivity index is 2.06. The molecule has 0 saturated heterocycles. The van der Waals surface area contributed by atoms with Crippen molar-refractivity contribution in [1.29, 1.82) is 0 Å². The van der Waals surface area contributed by atoms with Crippen LogP contribution in [0, 0.1) is 5.82 Å². The number of hydrogen-bond acceptors (Lipinski definition) is 4. The van der Waals surface area contributed by atoms with E-state index in [1.807, 2.05) is 17.7 Å². The van der Waals surface area contributed by atoms with Crippen LogP contribution in [-0.4, -0.2) is 65.4 Å². The van der Waals surface area contributed by atoms with E-state index in [2.05, 4.69) is 29.0 Å². The average molecular weight is 416 g/mol. The lowest BCUT2D eigenvalue weighted by molar-refractivity contribution is -0.127. The van der Waals surface area contributed by atoms with Crippen molar-refractivity contribution in [1.82, 2.24) is 24.7 Å². The fraction of sp³-hybridized carbons (Fsp3) is 0.500. The maximum atomic E-state index is 14.8. The summed E-state index contributed by atoms with van der Waals surface area (Å²) in [6.45, 7) is 6.05. The molecule has 1 N–H and O–H groups in total. The van der Waals surface area contributed by atoms with Crippen LogP contribution in [0.25, 0.3) is 11.4 Å². The number of halogens is 1. The van der Waals surface area contributed by atoms with Crippen LogP contribution >= 0.6 is 0 Å². The molecule has 0 saturated carbocycles. The monoisotopic (exact) mass is 415 g/mol. The first kappa shape index (κ1) is 22.0. The van der Waals surface area contributed by atoms with E-state index >= 15 is 0 Å². The van der Waals surface area contributed by atoms with Gasteiger partial charge in [0.25, 0.3) is 5.91 Å². The standard InChI is InChI=1S/C22H30FN5O2/c1-14(2)15-7-8-17(23)16(11-15)21-25-20(22(30)24-12-19(29)26(3)4)18-13-27(5)9-6-10-28(18)21/h7-8,11,14H,6,9-10,12-13H2,1-5H3,(H,24,30). The third-order valence-corrected chi connectivity index (χ3v) is 5.43. The first-order valence-electron chi connectivity index (χ1n) is 10.2. The van der Waals surface area contributed by atoms with E-state index in [0.717, 1.165) is 24.2 Å². The number of carbonyl (C=O) groups is 2. The molecule has 0 unspecified atom stereocenters. The van der Waals surface area contributed by atoms with Crippen LogP contribution in [0.5, 0.6) is 0 Å². The number of aromatic nitrogens is 2. The Morgan fingerprint density at radius 2 is 2.00 bits per heavy atom. The second-order valence-corrected chi connectivity index (χ2v) is 8.34. The molecule has 0 bridgehead atoms. The van der Waals surface area contributed by atoms with Gasteiger partial charge in [0.1, 0.15) is 11.6 Å². The Morgan fingerprint density at radius 3 is 2.67 bits per heavy atom. The number of fused-ring (bicyclic) bond motifs is 1. The highest BCUT2D eigenvalue weighted by Gasteiger charge is 2.27. The molecule has 2 amide bonds. The summed E-state index contributed by atoms with van der Waals surface area (Å²) in [4.78, 5) is 32.9. The third kappa shape index (κ3) is 4.53. The van der Waals surface area contributed by atoms with Crippen molar-refractivity contribution in [3.8, 4) is 11.4 Å². The minimum Gasteiger partial charge on any atom is -0.347 e. The topological polar surface area (TPSA) is 70.5 Å². The van der Waals surface area contributed by atoms with Gasteiger partial charge in [0.15, 0.2) is 5.69 Å². The zero-order valence-electron chi connectivity index (χ0n) is 18.3. The second kappa shape index (κ2) is 8.95. The Morgan fingerprint density at radius 1 is 1.27 bits per heavy atom. The molecule has 1 aromatic carbocycles. The molecule has 0 atom stereocenters. The highest BCUT2D eigenvalue weighted by Crippen LogP contribution is 2.30. The molecule has 1 aliphatic rings. The van der Waals surface area contributed by atoms with E-state index < -0.39 is 5.91 Å². The number of benzene rings is 1. The van der Waals surface area contributed by atoms with Gasteiger partial charge in [-0.3, -0.25) is 9.59 Å². The normalized spacial score (nSPS) is 14.4. The van der Waals surface area contributed by atoms with Crippen molar-refractivity contribution in [3.05, 3.63) is 41.0 Å². The predicted molar refractivity (Wildman–Crippen MR) is 114 cm³/mol. The Hall–Kier alpha value is -2.74. The van der Waals surface area contributed by atoms with Gasteiger partial charge in [-0.25, -0.2) is 9.37 Å². The Labute approximate surface area is 176 Å². The van der Waals surface area contributed by atoms with Crippen molar-refractivity contribution in [2.75, 3.05) is 34.2 Å². The number of hydrogen-bond donors (Lipinski definition) is 1. The first-order valence-corrected chi connectivity index (χ1v) is 10.2. The predicted octanol–water partition coefficient (Wildman–Crippen LogP) is 2.47. The number of likely N-dealkylation sites (N-methyl/N-ethyl adjacent to an activating group) is 1. The van der Waals surface area contributed by atoms with Gasteiger partial charge in [-0.15, -0.1) is 0 Å². The summed E-state index contributed by atoms with van der Waals surface area (Å²) in [5.74, 6) is -0.282. The van der Waals surface area contributed by atoms with Gasteiger partial charge in [-0.05, 0) is 43.6 Å². The van der Waals surface area contributed by atoms with Crippen LogP contribution in [0.1, 0.15) is 47.9 Å². The summed E-state index contributed by atoms with van der Waals surface area (Å²) in [5.41, 5.74) is 2.40. The molecule has 0 spiro atoms. The average Bonchev–Trinajstić information content (AvgIpc) is 2.92. The third-order valence-electron chi connectivity index (χ3n) is 5.43. The lowest BCUT2D eigenvalue weighted by Gasteiger charge is -2.14. The molecule has 0 radical (unpaired) electrons. The fourth-order valence-electron chi connectivity index (χ4n) is 3.58. The molecule has 0 fully saturated rings. The summed E-state index contributed by atoms with van der Waals surface area (Å²) in [6, 6.07) is 5.07. The fourth-order valence-corrected chi connectivity index (χ4v) is 3.58.